The van der Waals surface area contributed by atoms with Crippen LogP contribution in [0.15, 0.2) is 36.5 Å². The molecule has 0 radical (unpaired) electrons. The standard InChI is InChI=1S/C17H20N2O2S/c20-11-9-14-8-4-5-10-19(14)17(21)15-12-18-16(22-15)13-6-2-1-3-7-13/h1-3,6-7,12,14,20H,4-5,8-11H2. The maximum Gasteiger partial charge on any atom is 0.265 e. The largest absolute Gasteiger partial charge is 0.396 e. The molecule has 1 amide bonds. The van der Waals surface area contributed by atoms with Gasteiger partial charge in [0, 0.05) is 24.8 Å². The number of nitrogens with zero attached hydrogens (tertiary/aromatic N) is 2. The van der Waals surface area contributed by atoms with E-state index in [1.165, 1.54) is 11.3 Å². The molecule has 116 valence electrons. The van der Waals surface area contributed by atoms with E-state index in [4.69, 9.17) is 0 Å². The second kappa shape index (κ2) is 7.03. The van der Waals surface area contributed by atoms with Crippen LogP contribution in [0.1, 0.15) is 35.4 Å². The average molecular weight is 316 g/mol. The van der Waals surface area contributed by atoms with Gasteiger partial charge in [-0.15, -0.1) is 11.3 Å². The summed E-state index contributed by atoms with van der Waals surface area (Å²) in [5.74, 6) is 0.0535. The molecule has 1 aliphatic rings. The van der Waals surface area contributed by atoms with Crippen molar-refractivity contribution in [2.75, 3.05) is 13.2 Å². The topological polar surface area (TPSA) is 53.4 Å². The molecule has 1 N–H and O–H groups in total. The summed E-state index contributed by atoms with van der Waals surface area (Å²) in [6.45, 7) is 0.911. The van der Waals surface area contributed by atoms with E-state index in [-0.39, 0.29) is 18.6 Å². The summed E-state index contributed by atoms with van der Waals surface area (Å²) in [6, 6.07) is 10.1. The molecule has 1 saturated heterocycles. The minimum atomic E-state index is 0.0535. The van der Waals surface area contributed by atoms with Gasteiger partial charge in [0.15, 0.2) is 0 Å². The van der Waals surface area contributed by atoms with Crippen LogP contribution in [0.3, 0.4) is 0 Å². The number of benzene rings is 1. The second-order valence-electron chi connectivity index (χ2n) is 5.56. The normalized spacial score (nSPS) is 18.4. The van der Waals surface area contributed by atoms with Crippen molar-refractivity contribution >= 4 is 17.2 Å². The zero-order valence-corrected chi connectivity index (χ0v) is 13.3. The Kier molecular flexibility index (Phi) is 4.85. The van der Waals surface area contributed by atoms with Crippen LogP contribution in [-0.4, -0.2) is 40.1 Å². The molecule has 0 aliphatic carbocycles. The number of aliphatic hydroxyl groups excluding tert-OH is 1. The number of aromatic nitrogens is 1. The van der Waals surface area contributed by atoms with Gasteiger partial charge in [0.25, 0.3) is 5.91 Å². The molecule has 4 nitrogen and oxygen atoms in total. The monoisotopic (exact) mass is 316 g/mol. The van der Waals surface area contributed by atoms with Crippen molar-refractivity contribution < 1.29 is 9.90 Å². The van der Waals surface area contributed by atoms with E-state index >= 15 is 0 Å². The maximum atomic E-state index is 12.7. The average Bonchev–Trinajstić information content (AvgIpc) is 3.06. The molecule has 1 aliphatic heterocycles. The number of hydrogen-bond donors (Lipinski definition) is 1. The minimum Gasteiger partial charge on any atom is -0.396 e. The smallest absolute Gasteiger partial charge is 0.265 e. The molecule has 1 aromatic heterocycles. The summed E-state index contributed by atoms with van der Waals surface area (Å²) in [7, 11) is 0. The molecule has 2 aromatic rings. The lowest BCUT2D eigenvalue weighted by Crippen LogP contribution is -2.43. The van der Waals surface area contributed by atoms with E-state index in [2.05, 4.69) is 4.98 Å². The minimum absolute atomic E-state index is 0.0535. The first kappa shape index (κ1) is 15.2. The number of amides is 1. The lowest BCUT2D eigenvalue weighted by Gasteiger charge is -2.35. The van der Waals surface area contributed by atoms with Crippen LogP contribution in [0.2, 0.25) is 0 Å². The number of carbonyl (C=O) groups is 1. The van der Waals surface area contributed by atoms with E-state index in [0.717, 1.165) is 36.4 Å². The van der Waals surface area contributed by atoms with E-state index in [9.17, 15) is 9.90 Å². The third kappa shape index (κ3) is 3.20. The predicted molar refractivity (Wildman–Crippen MR) is 87.9 cm³/mol. The molecule has 1 unspecified atom stereocenters. The molecule has 5 heteroatoms. The zero-order valence-electron chi connectivity index (χ0n) is 12.4. The number of likely N-dealkylation sites (tertiary alicyclic amines) is 1. The van der Waals surface area contributed by atoms with Gasteiger partial charge in [-0.1, -0.05) is 30.3 Å². The van der Waals surface area contributed by atoms with Crippen LogP contribution < -0.4 is 0 Å². The Labute approximate surface area is 134 Å². The predicted octanol–water partition coefficient (Wildman–Crippen LogP) is 3.19. The first-order valence-corrected chi connectivity index (χ1v) is 8.54. The second-order valence-corrected chi connectivity index (χ2v) is 6.59. The van der Waals surface area contributed by atoms with Gasteiger partial charge in [-0.25, -0.2) is 4.98 Å². The summed E-state index contributed by atoms with van der Waals surface area (Å²) in [4.78, 5) is 19.7. The van der Waals surface area contributed by atoms with Gasteiger partial charge in [-0.3, -0.25) is 4.79 Å². The van der Waals surface area contributed by atoms with Crippen LogP contribution in [0, 0.1) is 0 Å². The van der Waals surface area contributed by atoms with Gasteiger partial charge in [0.05, 0.1) is 6.20 Å². The molecule has 1 fully saturated rings. The SMILES string of the molecule is O=C(c1cnc(-c2ccccc2)s1)N1CCCCC1CCO. The molecule has 3 rings (SSSR count). The number of rotatable bonds is 4. The molecule has 1 aromatic carbocycles. The van der Waals surface area contributed by atoms with Crippen molar-refractivity contribution in [2.45, 2.75) is 31.7 Å². The Bertz CT molecular complexity index is 625. The highest BCUT2D eigenvalue weighted by atomic mass is 32.1. The molecule has 0 bridgehead atoms. The molecule has 22 heavy (non-hydrogen) atoms. The van der Waals surface area contributed by atoms with E-state index in [1.54, 1.807) is 6.20 Å². The summed E-state index contributed by atoms with van der Waals surface area (Å²) in [5.41, 5.74) is 1.04. The highest BCUT2D eigenvalue weighted by Crippen LogP contribution is 2.28. The van der Waals surface area contributed by atoms with Gasteiger partial charge in [0.1, 0.15) is 9.88 Å². The van der Waals surface area contributed by atoms with E-state index in [0.29, 0.717) is 11.3 Å². The van der Waals surface area contributed by atoms with Gasteiger partial charge < -0.3 is 10.0 Å². The third-order valence-corrected chi connectivity index (χ3v) is 5.12. The molecule has 2 heterocycles. The van der Waals surface area contributed by atoms with Crippen molar-refractivity contribution in [3.8, 4) is 10.6 Å². The third-order valence-electron chi connectivity index (χ3n) is 4.09. The van der Waals surface area contributed by atoms with Gasteiger partial charge in [-0.2, -0.15) is 0 Å². The van der Waals surface area contributed by atoms with Crippen LogP contribution in [0.25, 0.3) is 10.6 Å². The van der Waals surface area contributed by atoms with Crippen LogP contribution in [0.4, 0.5) is 0 Å². The molecule has 0 saturated carbocycles. The van der Waals surface area contributed by atoms with Crippen molar-refractivity contribution in [1.29, 1.82) is 0 Å². The number of carbonyl (C=O) groups excluding carboxylic acids is 1. The van der Waals surface area contributed by atoms with Crippen molar-refractivity contribution in [1.82, 2.24) is 9.88 Å². The van der Waals surface area contributed by atoms with Crippen LogP contribution in [-0.2, 0) is 0 Å². The molecular formula is C17H20N2O2S. The first-order chi connectivity index (χ1) is 10.8. The molecule has 0 spiro atoms. The lowest BCUT2D eigenvalue weighted by atomic mass is 9.99. The fourth-order valence-electron chi connectivity index (χ4n) is 2.95. The van der Waals surface area contributed by atoms with Crippen LogP contribution >= 0.6 is 11.3 Å². The van der Waals surface area contributed by atoms with Crippen LogP contribution in [0.5, 0.6) is 0 Å². The first-order valence-electron chi connectivity index (χ1n) is 7.72. The molecule has 1 atom stereocenters. The van der Waals surface area contributed by atoms with Gasteiger partial charge in [0.2, 0.25) is 0 Å². The lowest BCUT2D eigenvalue weighted by molar-refractivity contribution is 0.0579. The number of aliphatic hydroxyl groups is 1. The Balaban J connectivity index is 1.78. The van der Waals surface area contributed by atoms with Gasteiger partial charge >= 0.3 is 0 Å². The number of hydrogen-bond acceptors (Lipinski definition) is 4. The number of thiazole rings is 1. The highest BCUT2D eigenvalue weighted by molar-refractivity contribution is 7.16. The quantitative estimate of drug-likeness (QED) is 0.942. The summed E-state index contributed by atoms with van der Waals surface area (Å²) in [5, 5.41) is 10.1. The number of piperidine rings is 1. The fraction of sp³-hybridized carbons (Fsp3) is 0.412. The van der Waals surface area contributed by atoms with Crippen molar-refractivity contribution in [2.24, 2.45) is 0 Å². The summed E-state index contributed by atoms with van der Waals surface area (Å²) < 4.78 is 0. The van der Waals surface area contributed by atoms with E-state index < -0.39 is 0 Å². The van der Waals surface area contributed by atoms with Crippen molar-refractivity contribution in [3.63, 3.8) is 0 Å². The maximum absolute atomic E-state index is 12.7. The van der Waals surface area contributed by atoms with Gasteiger partial charge in [-0.05, 0) is 25.7 Å². The Morgan fingerprint density at radius 2 is 2.14 bits per heavy atom. The zero-order chi connectivity index (χ0) is 15.4. The molecular weight excluding hydrogens is 296 g/mol. The Morgan fingerprint density at radius 1 is 1.32 bits per heavy atom. The Morgan fingerprint density at radius 3 is 2.91 bits per heavy atom. The summed E-state index contributed by atoms with van der Waals surface area (Å²) in [6.07, 6.45) is 5.50. The van der Waals surface area contributed by atoms with E-state index in [1.807, 2.05) is 35.2 Å². The summed E-state index contributed by atoms with van der Waals surface area (Å²) >= 11 is 1.44. The fourth-order valence-corrected chi connectivity index (χ4v) is 3.82. The van der Waals surface area contributed by atoms with Crippen molar-refractivity contribution in [3.05, 3.63) is 41.4 Å². The highest BCUT2D eigenvalue weighted by Gasteiger charge is 2.28. The Hall–Kier alpha value is -1.72.